The quantitative estimate of drug-likeness (QED) is 0.539. The predicted molar refractivity (Wildman–Crippen MR) is 83.6 cm³/mol. The summed E-state index contributed by atoms with van der Waals surface area (Å²) in [6.45, 7) is 16.2. The summed E-state index contributed by atoms with van der Waals surface area (Å²) >= 11 is 0. The van der Waals surface area contributed by atoms with Gasteiger partial charge in [0.15, 0.2) is 0 Å². The molecule has 0 aromatic carbocycles. The van der Waals surface area contributed by atoms with Crippen LogP contribution in [0.3, 0.4) is 0 Å². The molecule has 0 N–H and O–H groups in total. The molecule has 0 aromatic rings. The first-order chi connectivity index (χ1) is 7.99. The van der Waals surface area contributed by atoms with E-state index in [0.717, 1.165) is 0 Å². The van der Waals surface area contributed by atoms with Gasteiger partial charge >= 0.3 is 8.09 Å². The smallest absolute Gasteiger partial charge is 0.149 e. The second-order valence-electron chi connectivity index (χ2n) is 7.50. The monoisotopic (exact) mass is 289 g/mol. The summed E-state index contributed by atoms with van der Waals surface area (Å²) in [6.07, 6.45) is 3.77. The Bertz CT molecular complexity index is 318. The number of nitrogens with zero attached hydrogens (tertiary/aromatic N) is 2. The van der Waals surface area contributed by atoms with Gasteiger partial charge in [-0.3, -0.25) is 0 Å². The zero-order chi connectivity index (χ0) is 14.2. The highest BCUT2D eigenvalue weighted by Crippen LogP contribution is 2.51. The Balaban J connectivity index is 3.19. The van der Waals surface area contributed by atoms with Crippen LogP contribution in [0.5, 0.6) is 0 Å². The van der Waals surface area contributed by atoms with E-state index < -0.39 is 16.3 Å². The van der Waals surface area contributed by atoms with Gasteiger partial charge in [-0.1, -0.05) is 4.67 Å². The van der Waals surface area contributed by atoms with Crippen molar-refractivity contribution in [3.05, 3.63) is 0 Å². The zero-order valence-electron chi connectivity index (χ0n) is 13.4. The topological polar surface area (TPSA) is 24.8 Å². The highest BCUT2D eigenvalue weighted by atomic mass is 31.1. The normalized spacial score (nSPS) is 25.2. The zero-order valence-corrected chi connectivity index (χ0v) is 15.3. The van der Waals surface area contributed by atoms with Crippen molar-refractivity contribution < 1.29 is 4.52 Å². The van der Waals surface area contributed by atoms with Crippen LogP contribution in [0.1, 0.15) is 47.0 Å². The Kier molecular flexibility index (Phi) is 4.81. The summed E-state index contributed by atoms with van der Waals surface area (Å²) in [4.78, 5) is 0. The number of rotatable bonds is 3. The highest BCUT2D eigenvalue weighted by Gasteiger charge is 2.52. The molecule has 0 amide bonds. The van der Waals surface area contributed by atoms with E-state index in [1.807, 2.05) is 7.11 Å². The van der Waals surface area contributed by atoms with Crippen molar-refractivity contribution in [2.75, 3.05) is 7.11 Å². The number of hydrogen-bond acceptors (Lipinski definition) is 2. The minimum Gasteiger partial charge on any atom is -0.149 e. The fraction of sp³-hybridized carbons (Fsp3) is 1.00. The Hall–Kier alpha value is 0.237. The molecule has 106 valence electrons. The first-order valence-corrected chi connectivity index (χ1v) is 11.5. The molecule has 1 unspecified atom stereocenters. The fourth-order valence-corrected chi connectivity index (χ4v) is 6.90. The van der Waals surface area contributed by atoms with Gasteiger partial charge in [-0.25, -0.2) is 0 Å². The second kappa shape index (κ2) is 5.32. The van der Waals surface area contributed by atoms with Gasteiger partial charge in [-0.2, -0.15) is 0 Å². The molecule has 1 aliphatic rings. The lowest BCUT2D eigenvalue weighted by molar-refractivity contribution is 0.0521. The summed E-state index contributed by atoms with van der Waals surface area (Å²) in [7, 11) is -0.468. The maximum absolute atomic E-state index is 5.80. The molecule has 1 saturated heterocycles. The molecule has 1 aliphatic heterocycles. The molecule has 0 aromatic heterocycles. The standard InChI is InChI=1S/C13H30N2OPSi/c1-12(2)10-9-11-13(3,4)15(12)17(16-5)14-18(6,7)8/h9-11H2,1-8H3/q+1. The van der Waals surface area contributed by atoms with Crippen molar-refractivity contribution in [2.45, 2.75) is 77.7 Å². The lowest BCUT2D eigenvalue weighted by Gasteiger charge is -2.45. The molecule has 1 heterocycles. The molecule has 3 nitrogen and oxygen atoms in total. The third-order valence-electron chi connectivity index (χ3n) is 3.44. The van der Waals surface area contributed by atoms with Crippen LogP contribution in [-0.2, 0) is 4.52 Å². The van der Waals surface area contributed by atoms with Crippen LogP contribution in [0, 0.1) is 0 Å². The molecular formula is C13H30N2OPSi+. The van der Waals surface area contributed by atoms with E-state index >= 15 is 0 Å². The summed E-state index contributed by atoms with van der Waals surface area (Å²) in [5.74, 6) is 0. The van der Waals surface area contributed by atoms with Crippen molar-refractivity contribution in [1.29, 1.82) is 0 Å². The molecule has 0 radical (unpaired) electrons. The predicted octanol–water partition coefficient (Wildman–Crippen LogP) is 5.01. The molecule has 1 atom stereocenters. The molecular weight excluding hydrogens is 259 g/mol. The highest BCUT2D eigenvalue weighted by molar-refractivity contribution is 7.41. The second-order valence-corrected chi connectivity index (χ2v) is 13.9. The fourth-order valence-electron chi connectivity index (χ4n) is 2.87. The van der Waals surface area contributed by atoms with Crippen LogP contribution in [0.15, 0.2) is 4.41 Å². The lowest BCUT2D eigenvalue weighted by Crippen LogP contribution is -2.54. The van der Waals surface area contributed by atoms with E-state index in [9.17, 15) is 0 Å². The molecule has 0 spiro atoms. The van der Waals surface area contributed by atoms with Gasteiger partial charge < -0.3 is 0 Å². The minimum atomic E-state index is -1.46. The number of piperidine rings is 1. The van der Waals surface area contributed by atoms with Crippen molar-refractivity contribution in [2.24, 2.45) is 4.41 Å². The van der Waals surface area contributed by atoms with Crippen molar-refractivity contribution >= 4 is 16.3 Å². The van der Waals surface area contributed by atoms with Crippen LogP contribution in [0.4, 0.5) is 0 Å². The van der Waals surface area contributed by atoms with Gasteiger partial charge in [0.1, 0.15) is 0 Å². The average molecular weight is 289 g/mol. The van der Waals surface area contributed by atoms with Crippen LogP contribution in [0.25, 0.3) is 0 Å². The van der Waals surface area contributed by atoms with E-state index in [-0.39, 0.29) is 11.1 Å². The average Bonchev–Trinajstić information content (AvgIpc) is 2.11. The van der Waals surface area contributed by atoms with Gasteiger partial charge in [-0.15, -0.1) is 8.93 Å². The Morgan fingerprint density at radius 1 is 1.06 bits per heavy atom. The van der Waals surface area contributed by atoms with Crippen LogP contribution in [-0.4, -0.2) is 31.1 Å². The summed E-state index contributed by atoms with van der Waals surface area (Å²) in [6, 6.07) is 0. The van der Waals surface area contributed by atoms with Gasteiger partial charge in [0.25, 0.3) is 0 Å². The SMILES string of the molecule is CO[P+](=N[Si](C)(C)C)N1C(C)(C)CCCC1(C)C. The third-order valence-corrected chi connectivity index (χ3v) is 8.28. The summed E-state index contributed by atoms with van der Waals surface area (Å²) in [5, 5.41) is 0. The van der Waals surface area contributed by atoms with Crippen molar-refractivity contribution in [3.63, 3.8) is 0 Å². The molecule has 0 saturated carbocycles. The molecule has 1 rings (SSSR count). The molecule has 18 heavy (non-hydrogen) atoms. The van der Waals surface area contributed by atoms with Crippen LogP contribution in [0.2, 0.25) is 19.6 Å². The van der Waals surface area contributed by atoms with Gasteiger partial charge in [0, 0.05) is 0 Å². The Labute approximate surface area is 115 Å². The maximum Gasteiger partial charge on any atom is 0.467 e. The Morgan fingerprint density at radius 3 is 1.83 bits per heavy atom. The van der Waals surface area contributed by atoms with Crippen molar-refractivity contribution in [1.82, 2.24) is 4.67 Å². The lowest BCUT2D eigenvalue weighted by atomic mass is 9.83. The van der Waals surface area contributed by atoms with Gasteiger partial charge in [0.2, 0.25) is 8.24 Å². The molecule has 0 aliphatic carbocycles. The number of hydrogen-bond donors (Lipinski definition) is 0. The van der Waals surface area contributed by atoms with Gasteiger partial charge in [0.05, 0.1) is 18.2 Å². The first-order valence-electron chi connectivity index (χ1n) is 6.87. The van der Waals surface area contributed by atoms with Crippen LogP contribution < -0.4 is 0 Å². The molecule has 5 heteroatoms. The van der Waals surface area contributed by atoms with Crippen molar-refractivity contribution in [3.8, 4) is 0 Å². The van der Waals surface area contributed by atoms with E-state index in [0.29, 0.717) is 0 Å². The largest absolute Gasteiger partial charge is 0.467 e. The summed E-state index contributed by atoms with van der Waals surface area (Å²) < 4.78 is 13.4. The van der Waals surface area contributed by atoms with E-state index in [4.69, 9.17) is 8.93 Å². The summed E-state index contributed by atoms with van der Waals surface area (Å²) in [5.41, 5.74) is 0.374. The Morgan fingerprint density at radius 2 is 1.50 bits per heavy atom. The van der Waals surface area contributed by atoms with E-state index in [2.05, 4.69) is 52.0 Å². The maximum atomic E-state index is 5.80. The van der Waals surface area contributed by atoms with Gasteiger partial charge in [-0.05, 0) is 66.6 Å². The third kappa shape index (κ3) is 3.86. The molecule has 1 fully saturated rings. The molecule has 0 bridgehead atoms. The minimum absolute atomic E-state index is 0.187. The van der Waals surface area contributed by atoms with E-state index in [1.54, 1.807) is 0 Å². The van der Waals surface area contributed by atoms with Crippen LogP contribution >= 0.6 is 8.09 Å². The first kappa shape index (κ1) is 16.3. The van der Waals surface area contributed by atoms with E-state index in [1.165, 1.54) is 19.3 Å².